The molecule has 0 aliphatic carbocycles. The van der Waals surface area contributed by atoms with Crippen molar-refractivity contribution >= 4 is 11.6 Å². The van der Waals surface area contributed by atoms with Gasteiger partial charge in [0.2, 0.25) is 0 Å². The van der Waals surface area contributed by atoms with Gasteiger partial charge in [-0.25, -0.2) is 23.1 Å². The zero-order valence-electron chi connectivity index (χ0n) is 10.1. The van der Waals surface area contributed by atoms with E-state index in [9.17, 15) is 13.2 Å². The van der Waals surface area contributed by atoms with E-state index in [2.05, 4.69) is 9.97 Å². The Morgan fingerprint density at radius 1 is 1.11 bits per heavy atom. The average Bonchev–Trinajstić information content (AvgIpc) is 2.39. The molecule has 0 saturated heterocycles. The summed E-state index contributed by atoms with van der Waals surface area (Å²) in [5, 5.41) is 0.191. The van der Waals surface area contributed by atoms with Crippen molar-refractivity contribution in [3.8, 4) is 11.3 Å². The quantitative estimate of drug-likeness (QED) is 0.625. The van der Waals surface area contributed by atoms with E-state index >= 15 is 0 Å². The lowest BCUT2D eigenvalue weighted by Crippen LogP contribution is -2.01. The number of benzene rings is 1. The summed E-state index contributed by atoms with van der Waals surface area (Å²) in [6.45, 7) is 1.91. The maximum Gasteiger partial charge on any atom is 0.195 e. The predicted octanol–water partition coefficient (Wildman–Crippen LogP) is 4.17. The molecule has 0 unspecified atom stereocenters. The molecule has 2 aromatic rings. The minimum Gasteiger partial charge on any atom is -0.236 e. The van der Waals surface area contributed by atoms with Gasteiger partial charge in [0.15, 0.2) is 17.5 Å². The van der Waals surface area contributed by atoms with Crippen LogP contribution in [-0.4, -0.2) is 9.97 Å². The van der Waals surface area contributed by atoms with Gasteiger partial charge in [0, 0.05) is 11.1 Å². The Bertz CT molecular complexity index is 617. The third-order valence-electron chi connectivity index (χ3n) is 2.68. The van der Waals surface area contributed by atoms with E-state index in [1.54, 1.807) is 0 Å². The van der Waals surface area contributed by atoms with Crippen LogP contribution < -0.4 is 0 Å². The van der Waals surface area contributed by atoms with Gasteiger partial charge in [-0.1, -0.05) is 24.9 Å². The smallest absolute Gasteiger partial charge is 0.195 e. The SMILES string of the molecule is CCCc1c(Cl)ncnc1-c1ccc(F)c(F)c1F. The van der Waals surface area contributed by atoms with Crippen LogP contribution in [0.5, 0.6) is 0 Å². The molecule has 0 amide bonds. The van der Waals surface area contributed by atoms with Gasteiger partial charge in [-0.2, -0.15) is 0 Å². The van der Waals surface area contributed by atoms with Crippen LogP contribution in [0.25, 0.3) is 11.3 Å². The highest BCUT2D eigenvalue weighted by Gasteiger charge is 2.19. The second-order valence-corrected chi connectivity index (χ2v) is 4.32. The maximum atomic E-state index is 13.8. The van der Waals surface area contributed by atoms with Gasteiger partial charge in [0.25, 0.3) is 0 Å². The van der Waals surface area contributed by atoms with Crippen LogP contribution in [0.1, 0.15) is 18.9 Å². The van der Waals surface area contributed by atoms with Gasteiger partial charge in [-0.3, -0.25) is 0 Å². The first-order valence-corrected chi connectivity index (χ1v) is 6.07. The molecule has 1 aromatic carbocycles. The summed E-state index contributed by atoms with van der Waals surface area (Å²) in [7, 11) is 0. The molecule has 6 heteroatoms. The fourth-order valence-electron chi connectivity index (χ4n) is 1.80. The molecule has 0 fully saturated rings. The fraction of sp³-hybridized carbons (Fsp3) is 0.231. The van der Waals surface area contributed by atoms with E-state index in [0.29, 0.717) is 12.0 Å². The first-order chi connectivity index (χ1) is 9.06. The molecule has 0 atom stereocenters. The summed E-state index contributed by atoms with van der Waals surface area (Å²) in [6, 6.07) is 2.01. The van der Waals surface area contributed by atoms with E-state index in [0.717, 1.165) is 24.9 Å². The Kier molecular flexibility index (Phi) is 4.04. The van der Waals surface area contributed by atoms with E-state index in [-0.39, 0.29) is 16.4 Å². The summed E-state index contributed by atoms with van der Waals surface area (Å²) in [5.41, 5.74) is 0.599. The molecule has 100 valence electrons. The molecule has 1 aromatic heterocycles. The van der Waals surface area contributed by atoms with Crippen molar-refractivity contribution in [2.24, 2.45) is 0 Å². The average molecular weight is 287 g/mol. The van der Waals surface area contributed by atoms with Crippen LogP contribution >= 0.6 is 11.6 Å². The number of hydrogen-bond acceptors (Lipinski definition) is 2. The molecular formula is C13H10ClF3N2. The van der Waals surface area contributed by atoms with Gasteiger partial charge in [-0.05, 0) is 18.6 Å². The van der Waals surface area contributed by atoms with Crippen LogP contribution in [0, 0.1) is 17.5 Å². The summed E-state index contributed by atoms with van der Waals surface area (Å²) in [4.78, 5) is 7.75. The van der Waals surface area contributed by atoms with Crippen LogP contribution in [-0.2, 0) is 6.42 Å². The third kappa shape index (κ3) is 2.56. The number of rotatable bonds is 3. The summed E-state index contributed by atoms with van der Waals surface area (Å²) in [5.74, 6) is -4.03. The van der Waals surface area contributed by atoms with Gasteiger partial charge >= 0.3 is 0 Å². The lowest BCUT2D eigenvalue weighted by Gasteiger charge is -2.10. The predicted molar refractivity (Wildman–Crippen MR) is 66.3 cm³/mol. The van der Waals surface area contributed by atoms with Crippen LogP contribution in [0.15, 0.2) is 18.5 Å². The van der Waals surface area contributed by atoms with Gasteiger partial charge in [0.1, 0.15) is 11.5 Å². The van der Waals surface area contributed by atoms with Crippen LogP contribution in [0.2, 0.25) is 5.15 Å². The Labute approximate surface area is 113 Å². The Hall–Kier alpha value is -1.62. The fourth-order valence-corrected chi connectivity index (χ4v) is 2.03. The topological polar surface area (TPSA) is 25.8 Å². The van der Waals surface area contributed by atoms with Crippen molar-refractivity contribution in [2.45, 2.75) is 19.8 Å². The second-order valence-electron chi connectivity index (χ2n) is 3.96. The molecule has 0 bridgehead atoms. The van der Waals surface area contributed by atoms with Gasteiger partial charge in [-0.15, -0.1) is 0 Å². The molecule has 1 heterocycles. The lowest BCUT2D eigenvalue weighted by atomic mass is 10.0. The Morgan fingerprint density at radius 2 is 1.84 bits per heavy atom. The van der Waals surface area contributed by atoms with Crippen molar-refractivity contribution in [2.75, 3.05) is 0 Å². The highest BCUT2D eigenvalue weighted by Crippen LogP contribution is 2.30. The van der Waals surface area contributed by atoms with Crippen LogP contribution in [0.4, 0.5) is 13.2 Å². The van der Waals surface area contributed by atoms with Crippen molar-refractivity contribution < 1.29 is 13.2 Å². The van der Waals surface area contributed by atoms with Gasteiger partial charge in [0.05, 0.1) is 5.69 Å². The molecule has 2 rings (SSSR count). The Morgan fingerprint density at radius 3 is 2.53 bits per heavy atom. The first-order valence-electron chi connectivity index (χ1n) is 5.69. The van der Waals surface area contributed by atoms with Crippen molar-refractivity contribution in [1.82, 2.24) is 9.97 Å². The zero-order chi connectivity index (χ0) is 14.0. The Balaban J connectivity index is 2.65. The number of nitrogens with zero attached hydrogens (tertiary/aromatic N) is 2. The van der Waals surface area contributed by atoms with Crippen molar-refractivity contribution in [3.05, 3.63) is 46.6 Å². The lowest BCUT2D eigenvalue weighted by molar-refractivity contribution is 0.448. The van der Waals surface area contributed by atoms with E-state index < -0.39 is 17.5 Å². The maximum absolute atomic E-state index is 13.8. The number of hydrogen-bond donors (Lipinski definition) is 0. The van der Waals surface area contributed by atoms with Gasteiger partial charge < -0.3 is 0 Å². The van der Waals surface area contributed by atoms with E-state index in [1.165, 1.54) is 0 Å². The normalized spacial score (nSPS) is 10.8. The zero-order valence-corrected chi connectivity index (χ0v) is 10.8. The molecule has 0 aliphatic heterocycles. The molecule has 0 aliphatic rings. The standard InChI is InChI=1S/C13H10ClF3N2/c1-2-3-8-12(18-6-19-13(8)14)7-4-5-9(15)11(17)10(7)16/h4-6H,2-3H2,1H3. The summed E-state index contributed by atoms with van der Waals surface area (Å²) in [6.07, 6.45) is 2.43. The number of aromatic nitrogens is 2. The molecule has 0 radical (unpaired) electrons. The second kappa shape index (κ2) is 5.57. The molecule has 0 saturated carbocycles. The largest absolute Gasteiger partial charge is 0.236 e. The van der Waals surface area contributed by atoms with E-state index in [4.69, 9.17) is 11.6 Å². The summed E-state index contributed by atoms with van der Waals surface area (Å²) >= 11 is 5.94. The molecule has 0 spiro atoms. The minimum absolute atomic E-state index is 0.119. The van der Waals surface area contributed by atoms with E-state index in [1.807, 2.05) is 6.92 Å². The summed E-state index contributed by atoms with van der Waals surface area (Å²) < 4.78 is 40.0. The monoisotopic (exact) mass is 286 g/mol. The molecule has 19 heavy (non-hydrogen) atoms. The minimum atomic E-state index is -1.52. The first kappa shape index (κ1) is 13.8. The van der Waals surface area contributed by atoms with Crippen molar-refractivity contribution in [1.29, 1.82) is 0 Å². The highest BCUT2D eigenvalue weighted by atomic mass is 35.5. The molecule has 2 nitrogen and oxygen atoms in total. The molecule has 0 N–H and O–H groups in total. The van der Waals surface area contributed by atoms with Crippen LogP contribution in [0.3, 0.4) is 0 Å². The molecular weight excluding hydrogens is 277 g/mol. The number of halogens is 4. The highest BCUT2D eigenvalue weighted by molar-refractivity contribution is 6.30. The van der Waals surface area contributed by atoms with Crippen molar-refractivity contribution in [3.63, 3.8) is 0 Å². The third-order valence-corrected chi connectivity index (χ3v) is 3.01.